The fraction of sp³-hybridized carbons (Fsp3) is 0.154. The van der Waals surface area contributed by atoms with Gasteiger partial charge in [-0.05, 0) is 18.1 Å². The van der Waals surface area contributed by atoms with E-state index in [-0.39, 0.29) is 5.56 Å². The Kier molecular flexibility index (Phi) is 3.05. The molecule has 0 aliphatic carbocycles. The fourth-order valence-corrected chi connectivity index (χ4v) is 1.53. The molecule has 0 spiro atoms. The first kappa shape index (κ1) is 10.5. The third-order valence-corrected chi connectivity index (χ3v) is 2.46. The van der Waals surface area contributed by atoms with Crippen molar-refractivity contribution in [1.82, 2.24) is 4.98 Å². The molecule has 1 heterocycles. The number of nitrogens with one attached hydrogen (secondary N) is 2. The zero-order valence-electron chi connectivity index (χ0n) is 9.16. The molecule has 0 atom stereocenters. The Morgan fingerprint density at radius 2 is 2.00 bits per heavy atom. The van der Waals surface area contributed by atoms with Crippen molar-refractivity contribution in [3.05, 3.63) is 64.1 Å². The molecule has 0 radical (unpaired) electrons. The molecule has 2 aromatic rings. The molecule has 0 bridgehead atoms. The number of aromatic amines is 1. The van der Waals surface area contributed by atoms with Gasteiger partial charge in [0, 0.05) is 24.5 Å². The van der Waals surface area contributed by atoms with Crippen molar-refractivity contribution < 1.29 is 0 Å². The van der Waals surface area contributed by atoms with Crippen LogP contribution in [0.3, 0.4) is 0 Å². The lowest BCUT2D eigenvalue weighted by molar-refractivity contribution is 1.11. The summed E-state index contributed by atoms with van der Waals surface area (Å²) in [6.45, 7) is 2.69. The molecule has 1 aromatic carbocycles. The zero-order valence-corrected chi connectivity index (χ0v) is 9.16. The highest BCUT2D eigenvalue weighted by Crippen LogP contribution is 2.11. The van der Waals surface area contributed by atoms with Crippen LogP contribution in [0.25, 0.3) is 0 Å². The average Bonchev–Trinajstić information content (AvgIpc) is 2.32. The van der Waals surface area contributed by atoms with Gasteiger partial charge in [0.25, 0.3) is 0 Å². The van der Waals surface area contributed by atoms with Gasteiger partial charge in [0.1, 0.15) is 0 Å². The van der Waals surface area contributed by atoms with E-state index in [1.54, 1.807) is 12.3 Å². The largest absolute Gasteiger partial charge is 0.381 e. The van der Waals surface area contributed by atoms with E-state index in [1.807, 2.05) is 25.1 Å². The van der Waals surface area contributed by atoms with Gasteiger partial charge >= 0.3 is 0 Å². The van der Waals surface area contributed by atoms with E-state index in [4.69, 9.17) is 0 Å². The van der Waals surface area contributed by atoms with Gasteiger partial charge in [0.15, 0.2) is 0 Å². The second-order valence-corrected chi connectivity index (χ2v) is 3.73. The molecule has 0 aliphatic rings. The minimum Gasteiger partial charge on any atom is -0.381 e. The van der Waals surface area contributed by atoms with Crippen molar-refractivity contribution in [2.75, 3.05) is 5.32 Å². The Balaban J connectivity index is 2.10. The summed E-state index contributed by atoms with van der Waals surface area (Å²) in [6.07, 6.45) is 1.72. The van der Waals surface area contributed by atoms with E-state index in [1.165, 1.54) is 5.56 Å². The maximum Gasteiger partial charge on any atom is 0.249 e. The third kappa shape index (κ3) is 2.51. The normalized spacial score (nSPS) is 10.1. The van der Waals surface area contributed by atoms with Crippen LogP contribution in [0, 0.1) is 6.92 Å². The molecule has 16 heavy (non-hydrogen) atoms. The molecule has 3 nitrogen and oxygen atoms in total. The van der Waals surface area contributed by atoms with Gasteiger partial charge in [-0.1, -0.05) is 30.3 Å². The van der Waals surface area contributed by atoms with Crippen LogP contribution in [-0.2, 0) is 6.54 Å². The highest BCUT2D eigenvalue weighted by molar-refractivity contribution is 5.48. The maximum atomic E-state index is 11.2. The van der Waals surface area contributed by atoms with Crippen LogP contribution in [0.15, 0.2) is 47.4 Å². The van der Waals surface area contributed by atoms with Crippen molar-refractivity contribution in [2.45, 2.75) is 13.5 Å². The molecule has 0 amide bonds. The number of hydrogen-bond acceptors (Lipinski definition) is 2. The van der Waals surface area contributed by atoms with Crippen molar-refractivity contribution in [3.63, 3.8) is 0 Å². The van der Waals surface area contributed by atoms with Crippen LogP contribution in [0.2, 0.25) is 0 Å². The molecule has 82 valence electrons. The molecule has 0 fully saturated rings. The molecule has 0 saturated heterocycles. The van der Waals surface area contributed by atoms with Crippen molar-refractivity contribution in [3.8, 4) is 0 Å². The summed E-state index contributed by atoms with van der Waals surface area (Å²) in [5.41, 5.74) is 3.03. The second kappa shape index (κ2) is 4.66. The number of rotatable bonds is 3. The summed E-state index contributed by atoms with van der Waals surface area (Å²) < 4.78 is 0. The Labute approximate surface area is 94.1 Å². The lowest BCUT2D eigenvalue weighted by Gasteiger charge is -2.08. The van der Waals surface area contributed by atoms with E-state index >= 15 is 0 Å². The van der Waals surface area contributed by atoms with Crippen molar-refractivity contribution in [2.24, 2.45) is 0 Å². The van der Waals surface area contributed by atoms with Gasteiger partial charge in [-0.15, -0.1) is 0 Å². The molecular weight excluding hydrogens is 200 g/mol. The van der Waals surface area contributed by atoms with E-state index in [2.05, 4.69) is 22.4 Å². The summed E-state index contributed by atoms with van der Waals surface area (Å²) in [4.78, 5) is 13.8. The van der Waals surface area contributed by atoms with Crippen molar-refractivity contribution in [1.29, 1.82) is 0 Å². The number of pyridine rings is 1. The second-order valence-electron chi connectivity index (χ2n) is 3.73. The highest BCUT2D eigenvalue weighted by Gasteiger charge is 1.98. The molecule has 2 N–H and O–H groups in total. The number of hydrogen-bond donors (Lipinski definition) is 2. The van der Waals surface area contributed by atoms with E-state index < -0.39 is 0 Å². The third-order valence-electron chi connectivity index (χ3n) is 2.46. The predicted octanol–water partition coefficient (Wildman–Crippen LogP) is 2.30. The standard InChI is InChI=1S/C13H14N2O/c1-10-8-15-13(16)7-12(10)14-9-11-5-3-2-4-6-11/h2-8H,9H2,1H3,(H2,14,15,16). The topological polar surface area (TPSA) is 44.9 Å². The first-order valence-electron chi connectivity index (χ1n) is 5.23. The smallest absolute Gasteiger partial charge is 0.249 e. The molecule has 0 saturated carbocycles. The summed E-state index contributed by atoms with van der Waals surface area (Å²) in [6, 6.07) is 11.7. The lowest BCUT2D eigenvalue weighted by Crippen LogP contribution is -2.08. The Hall–Kier alpha value is -2.03. The Bertz CT molecular complexity index is 517. The Morgan fingerprint density at radius 1 is 1.25 bits per heavy atom. The number of benzene rings is 1. The van der Waals surface area contributed by atoms with Crippen LogP contribution in [0.5, 0.6) is 0 Å². The van der Waals surface area contributed by atoms with Crippen LogP contribution in [0.1, 0.15) is 11.1 Å². The quantitative estimate of drug-likeness (QED) is 0.823. The van der Waals surface area contributed by atoms with Gasteiger partial charge in [0.2, 0.25) is 5.56 Å². The van der Waals surface area contributed by atoms with Crippen LogP contribution in [-0.4, -0.2) is 4.98 Å². The van der Waals surface area contributed by atoms with E-state index in [0.717, 1.165) is 17.8 Å². The molecule has 0 unspecified atom stereocenters. The minimum absolute atomic E-state index is 0.0823. The van der Waals surface area contributed by atoms with E-state index in [0.29, 0.717) is 0 Å². The summed E-state index contributed by atoms with van der Waals surface area (Å²) in [5, 5.41) is 3.25. The van der Waals surface area contributed by atoms with Gasteiger partial charge in [0.05, 0.1) is 0 Å². The summed E-state index contributed by atoms with van der Waals surface area (Å²) in [5.74, 6) is 0. The maximum absolute atomic E-state index is 11.2. The molecule has 1 aromatic heterocycles. The average molecular weight is 214 g/mol. The molecule has 3 heteroatoms. The van der Waals surface area contributed by atoms with Crippen LogP contribution < -0.4 is 10.9 Å². The molecule has 0 aliphatic heterocycles. The highest BCUT2D eigenvalue weighted by atomic mass is 16.1. The number of H-pyrrole nitrogens is 1. The first-order valence-corrected chi connectivity index (χ1v) is 5.23. The van der Waals surface area contributed by atoms with Gasteiger partial charge in [-0.3, -0.25) is 4.79 Å². The van der Waals surface area contributed by atoms with Gasteiger partial charge in [-0.2, -0.15) is 0 Å². The monoisotopic (exact) mass is 214 g/mol. The van der Waals surface area contributed by atoms with Crippen molar-refractivity contribution >= 4 is 5.69 Å². The molecular formula is C13H14N2O. The summed E-state index contributed by atoms with van der Waals surface area (Å²) >= 11 is 0. The SMILES string of the molecule is Cc1c[nH]c(=O)cc1NCc1ccccc1. The number of anilines is 1. The number of aryl methyl sites for hydroxylation is 1. The summed E-state index contributed by atoms with van der Waals surface area (Å²) in [7, 11) is 0. The molecule has 2 rings (SSSR count). The predicted molar refractivity (Wildman–Crippen MR) is 65.6 cm³/mol. The van der Waals surface area contributed by atoms with Crippen LogP contribution >= 0.6 is 0 Å². The lowest BCUT2D eigenvalue weighted by atomic mass is 10.2. The van der Waals surface area contributed by atoms with E-state index in [9.17, 15) is 4.79 Å². The zero-order chi connectivity index (χ0) is 11.4. The minimum atomic E-state index is -0.0823. The van der Waals surface area contributed by atoms with Crippen LogP contribution in [0.4, 0.5) is 5.69 Å². The fourth-order valence-electron chi connectivity index (χ4n) is 1.53. The van der Waals surface area contributed by atoms with Gasteiger partial charge in [-0.25, -0.2) is 0 Å². The van der Waals surface area contributed by atoms with Gasteiger partial charge < -0.3 is 10.3 Å². The first-order chi connectivity index (χ1) is 7.75. The Morgan fingerprint density at radius 3 is 2.75 bits per heavy atom. The number of aromatic nitrogens is 1.